The lowest BCUT2D eigenvalue weighted by atomic mass is 10.1. The average molecular weight is 339 g/mol. The van der Waals surface area contributed by atoms with E-state index in [4.69, 9.17) is 0 Å². The van der Waals surface area contributed by atoms with Gasteiger partial charge in [-0.2, -0.15) is 0 Å². The van der Waals surface area contributed by atoms with E-state index in [1.807, 2.05) is 6.92 Å². The predicted molar refractivity (Wildman–Crippen MR) is 51.4 cm³/mol. The highest BCUT2D eigenvalue weighted by Gasteiger charge is 2.10. The minimum atomic E-state index is 0.0661. The molecule has 0 saturated carbocycles. The predicted octanol–water partition coefficient (Wildman–Crippen LogP) is 2.29. The molecule has 0 N–H and O–H groups in total. The molecule has 0 saturated heterocycles. The van der Waals surface area contributed by atoms with E-state index >= 15 is 0 Å². The lowest BCUT2D eigenvalue weighted by molar-refractivity contribution is 0.154. The second-order valence-electron chi connectivity index (χ2n) is 1.81. The molecule has 1 radical (unpaired) electrons. The molecular weight excluding hydrogens is 330 g/mol. The number of hydrogen-bond donors (Lipinski definition) is 0. The zero-order chi connectivity index (χ0) is 6.57. The van der Waals surface area contributed by atoms with Crippen molar-refractivity contribution in [3.8, 4) is 0 Å². The lowest BCUT2D eigenvalue weighted by Crippen LogP contribution is -2.14. The van der Waals surface area contributed by atoms with Crippen molar-refractivity contribution in [1.82, 2.24) is 0 Å². The Bertz CT molecular complexity index is 50.4. The number of halogens is 2. The molecule has 0 aromatic carbocycles. The highest BCUT2D eigenvalue weighted by atomic mass is 127. The van der Waals surface area contributed by atoms with E-state index in [2.05, 4.69) is 45.2 Å². The second-order valence-corrected chi connectivity index (χ2v) is 4.30. The van der Waals surface area contributed by atoms with Crippen LogP contribution >= 0.6 is 45.2 Å². The van der Waals surface area contributed by atoms with E-state index < -0.39 is 0 Å². The van der Waals surface area contributed by atoms with Crippen molar-refractivity contribution in [3.05, 3.63) is 0 Å². The van der Waals surface area contributed by atoms with Gasteiger partial charge in [-0.1, -0.05) is 52.1 Å². The van der Waals surface area contributed by atoms with Crippen molar-refractivity contribution in [3.63, 3.8) is 0 Å². The SMILES string of the molecule is CC(C[O])C(I)CI. The molecule has 1 nitrogen and oxygen atoms in total. The van der Waals surface area contributed by atoms with Crippen molar-refractivity contribution in [2.45, 2.75) is 10.8 Å². The van der Waals surface area contributed by atoms with Gasteiger partial charge in [0.15, 0.2) is 0 Å². The summed E-state index contributed by atoms with van der Waals surface area (Å²) in [4.78, 5) is 0. The van der Waals surface area contributed by atoms with Crippen LogP contribution in [-0.4, -0.2) is 15.0 Å². The molecule has 2 unspecified atom stereocenters. The standard InChI is InChI=1S/C5H9I2O/c1-4(3-8)5(7)2-6/h4-5H,2-3H2,1H3. The van der Waals surface area contributed by atoms with Gasteiger partial charge in [0.25, 0.3) is 0 Å². The van der Waals surface area contributed by atoms with Gasteiger partial charge in [-0.05, 0) is 5.92 Å². The largest absolute Gasteiger partial charge is 0.236 e. The Morgan fingerprint density at radius 3 is 2.25 bits per heavy atom. The fourth-order valence-electron chi connectivity index (χ4n) is 0.256. The van der Waals surface area contributed by atoms with E-state index in [9.17, 15) is 5.11 Å². The van der Waals surface area contributed by atoms with E-state index in [0.29, 0.717) is 9.84 Å². The normalized spacial score (nSPS) is 18.0. The van der Waals surface area contributed by atoms with Gasteiger partial charge in [-0.15, -0.1) is 0 Å². The van der Waals surface area contributed by atoms with Gasteiger partial charge in [0, 0.05) is 8.35 Å². The molecule has 0 aromatic heterocycles. The van der Waals surface area contributed by atoms with Crippen molar-refractivity contribution < 1.29 is 5.11 Å². The van der Waals surface area contributed by atoms with Crippen LogP contribution in [0.25, 0.3) is 0 Å². The molecule has 0 heterocycles. The molecule has 3 heteroatoms. The smallest absolute Gasteiger partial charge is 0.0858 e. The first-order valence-corrected chi connectivity index (χ1v) is 5.27. The molecule has 0 amide bonds. The van der Waals surface area contributed by atoms with Crippen LogP contribution in [0.1, 0.15) is 6.92 Å². The minimum Gasteiger partial charge on any atom is -0.236 e. The molecule has 2 atom stereocenters. The summed E-state index contributed by atoms with van der Waals surface area (Å²) in [5, 5.41) is 10.2. The van der Waals surface area contributed by atoms with E-state index in [-0.39, 0.29) is 6.61 Å². The Hall–Kier alpha value is 1.42. The van der Waals surface area contributed by atoms with Crippen molar-refractivity contribution >= 4 is 45.2 Å². The maximum Gasteiger partial charge on any atom is 0.0858 e. The summed E-state index contributed by atoms with van der Waals surface area (Å²) < 4.78 is 1.65. The molecule has 0 spiro atoms. The first kappa shape index (κ1) is 9.42. The van der Waals surface area contributed by atoms with Gasteiger partial charge in [-0.3, -0.25) is 0 Å². The van der Waals surface area contributed by atoms with Crippen LogP contribution in [0.5, 0.6) is 0 Å². The van der Waals surface area contributed by atoms with Crippen molar-refractivity contribution in [2.24, 2.45) is 5.92 Å². The summed E-state index contributed by atoms with van der Waals surface area (Å²) in [6, 6.07) is 0. The summed E-state index contributed by atoms with van der Waals surface area (Å²) in [7, 11) is 0. The van der Waals surface area contributed by atoms with Crippen LogP contribution in [0.4, 0.5) is 0 Å². The van der Waals surface area contributed by atoms with Crippen molar-refractivity contribution in [2.75, 3.05) is 11.0 Å². The lowest BCUT2D eigenvalue weighted by Gasteiger charge is -2.10. The fraction of sp³-hybridized carbons (Fsp3) is 1.00. The van der Waals surface area contributed by atoms with Gasteiger partial charge in [0.2, 0.25) is 0 Å². The monoisotopic (exact) mass is 339 g/mol. The minimum absolute atomic E-state index is 0.0661. The molecule has 0 fully saturated rings. The summed E-state index contributed by atoms with van der Waals surface area (Å²) >= 11 is 4.63. The molecule has 0 aliphatic heterocycles. The van der Waals surface area contributed by atoms with E-state index in [1.165, 1.54) is 0 Å². The maximum atomic E-state index is 10.2. The number of hydrogen-bond acceptors (Lipinski definition) is 0. The highest BCUT2D eigenvalue weighted by molar-refractivity contribution is 14.1. The Labute approximate surface area is 77.5 Å². The molecule has 49 valence electrons. The van der Waals surface area contributed by atoms with Crippen molar-refractivity contribution in [1.29, 1.82) is 0 Å². The Morgan fingerprint density at radius 1 is 1.62 bits per heavy atom. The molecule has 0 aliphatic rings. The van der Waals surface area contributed by atoms with Crippen LogP contribution in [0.3, 0.4) is 0 Å². The second kappa shape index (κ2) is 5.22. The Kier molecular flexibility index (Phi) is 6.15. The quantitative estimate of drug-likeness (QED) is 0.556. The van der Waals surface area contributed by atoms with Crippen LogP contribution in [0, 0.1) is 5.92 Å². The first-order chi connectivity index (χ1) is 3.72. The molecule has 0 rings (SSSR count). The van der Waals surface area contributed by atoms with Gasteiger partial charge >= 0.3 is 0 Å². The zero-order valence-corrected chi connectivity index (χ0v) is 9.05. The summed E-state index contributed by atoms with van der Waals surface area (Å²) in [6.07, 6.45) is 0. The van der Waals surface area contributed by atoms with E-state index in [0.717, 1.165) is 4.43 Å². The molecule has 0 aliphatic carbocycles. The van der Waals surface area contributed by atoms with E-state index in [1.54, 1.807) is 0 Å². The third-order valence-corrected chi connectivity index (χ3v) is 5.33. The summed E-state index contributed by atoms with van der Waals surface area (Å²) in [6.45, 7) is 2.07. The third kappa shape index (κ3) is 3.45. The Morgan fingerprint density at radius 2 is 2.12 bits per heavy atom. The number of alkyl halides is 2. The fourth-order valence-corrected chi connectivity index (χ4v) is 1.33. The molecule has 0 bridgehead atoms. The molecule has 0 aromatic rings. The maximum absolute atomic E-state index is 10.2. The average Bonchev–Trinajstić information content (AvgIpc) is 1.84. The van der Waals surface area contributed by atoms with Crippen LogP contribution in [0.2, 0.25) is 0 Å². The van der Waals surface area contributed by atoms with Gasteiger partial charge in [0.1, 0.15) is 0 Å². The highest BCUT2D eigenvalue weighted by Crippen LogP contribution is 2.14. The molecular formula is C5H9I2O. The van der Waals surface area contributed by atoms with Crippen LogP contribution in [0.15, 0.2) is 0 Å². The Balaban J connectivity index is 3.29. The number of rotatable bonds is 3. The molecule has 8 heavy (non-hydrogen) atoms. The van der Waals surface area contributed by atoms with Crippen LogP contribution in [-0.2, 0) is 5.11 Å². The van der Waals surface area contributed by atoms with Crippen LogP contribution < -0.4 is 0 Å². The van der Waals surface area contributed by atoms with Gasteiger partial charge in [-0.25, -0.2) is 5.11 Å². The van der Waals surface area contributed by atoms with Gasteiger partial charge in [0.05, 0.1) is 6.61 Å². The zero-order valence-electron chi connectivity index (χ0n) is 4.73. The first-order valence-electron chi connectivity index (χ1n) is 2.50. The summed E-state index contributed by atoms with van der Waals surface area (Å²) in [5.74, 6) is 0.340. The topological polar surface area (TPSA) is 19.9 Å². The van der Waals surface area contributed by atoms with Gasteiger partial charge < -0.3 is 0 Å². The summed E-state index contributed by atoms with van der Waals surface area (Å²) in [5.41, 5.74) is 0. The third-order valence-electron chi connectivity index (χ3n) is 1.03.